The van der Waals surface area contributed by atoms with E-state index in [1.807, 2.05) is 0 Å². The van der Waals surface area contributed by atoms with Gasteiger partial charge in [0.05, 0.1) is 17.4 Å². The van der Waals surface area contributed by atoms with Crippen LogP contribution in [0.3, 0.4) is 0 Å². The lowest BCUT2D eigenvalue weighted by atomic mass is 10.2. The number of nitrogens with one attached hydrogen (secondary N) is 1. The summed E-state index contributed by atoms with van der Waals surface area (Å²) in [5.74, 6) is -1.61. The number of carbonyl (C=O) groups is 2. The van der Waals surface area contributed by atoms with Gasteiger partial charge < -0.3 is 15.5 Å². The molecule has 0 saturated heterocycles. The second kappa shape index (κ2) is 5.18. The van der Waals surface area contributed by atoms with E-state index in [4.69, 9.17) is 5.11 Å². The molecule has 0 bridgehead atoms. The molecule has 0 unspecified atom stereocenters. The number of anilines is 1. The number of phenols is 1. The Morgan fingerprint density at radius 3 is 2.58 bits per heavy atom. The normalized spacial score (nSPS) is 9.89. The molecule has 6 heteroatoms. The molecule has 0 fully saturated rings. The van der Waals surface area contributed by atoms with E-state index in [1.165, 1.54) is 42.7 Å². The Hall–Kier alpha value is -2.89. The number of aromatic nitrogens is 1. The molecule has 0 radical (unpaired) electrons. The molecule has 19 heavy (non-hydrogen) atoms. The summed E-state index contributed by atoms with van der Waals surface area (Å²) in [6, 6.07) is 7.13. The summed E-state index contributed by atoms with van der Waals surface area (Å²) in [6.07, 6.45) is 2.53. The van der Waals surface area contributed by atoms with Gasteiger partial charge in [-0.05, 0) is 24.3 Å². The van der Waals surface area contributed by atoms with Crippen molar-refractivity contribution in [3.63, 3.8) is 0 Å². The van der Waals surface area contributed by atoms with Crippen LogP contribution in [0.4, 0.5) is 5.69 Å². The van der Waals surface area contributed by atoms with Crippen LogP contribution >= 0.6 is 0 Å². The largest absolute Gasteiger partial charge is 0.508 e. The van der Waals surface area contributed by atoms with E-state index in [1.54, 1.807) is 0 Å². The maximum Gasteiger partial charge on any atom is 0.337 e. The van der Waals surface area contributed by atoms with Crippen molar-refractivity contribution in [1.82, 2.24) is 4.98 Å². The van der Waals surface area contributed by atoms with Crippen LogP contribution in [0.1, 0.15) is 20.7 Å². The third-order valence-corrected chi connectivity index (χ3v) is 2.35. The van der Waals surface area contributed by atoms with E-state index < -0.39 is 11.9 Å². The highest BCUT2D eigenvalue weighted by atomic mass is 16.4. The Balaban J connectivity index is 2.19. The molecule has 2 rings (SSSR count). The lowest BCUT2D eigenvalue weighted by Crippen LogP contribution is -2.12. The van der Waals surface area contributed by atoms with Crippen molar-refractivity contribution in [3.8, 4) is 5.75 Å². The fourth-order valence-corrected chi connectivity index (χ4v) is 1.48. The molecule has 0 spiro atoms. The molecule has 0 aliphatic heterocycles. The quantitative estimate of drug-likeness (QED) is 0.778. The van der Waals surface area contributed by atoms with E-state index in [9.17, 15) is 14.7 Å². The first-order valence-corrected chi connectivity index (χ1v) is 5.35. The molecule has 0 atom stereocenters. The molecule has 0 saturated carbocycles. The lowest BCUT2D eigenvalue weighted by Gasteiger charge is -2.05. The summed E-state index contributed by atoms with van der Waals surface area (Å²) >= 11 is 0. The Morgan fingerprint density at radius 1 is 1.11 bits per heavy atom. The van der Waals surface area contributed by atoms with Gasteiger partial charge in [-0.15, -0.1) is 0 Å². The summed E-state index contributed by atoms with van der Waals surface area (Å²) in [7, 11) is 0. The Kier molecular flexibility index (Phi) is 3.42. The fraction of sp³-hybridized carbons (Fsp3) is 0. The van der Waals surface area contributed by atoms with E-state index in [0.717, 1.165) is 0 Å². The highest BCUT2D eigenvalue weighted by Gasteiger charge is 2.09. The number of phenolic OH excluding ortho intramolecular Hbond substituents is 1. The summed E-state index contributed by atoms with van der Waals surface area (Å²) in [5, 5.41) is 20.6. The van der Waals surface area contributed by atoms with Crippen LogP contribution in [-0.4, -0.2) is 27.1 Å². The standard InChI is InChI=1S/C13H10N2O4/c16-11-3-1-2-8(5-11)12(17)15-10-4-9(13(18)19)6-14-7-10/h1-7,16H,(H,15,17)(H,18,19). The number of aromatic hydroxyl groups is 1. The van der Waals surface area contributed by atoms with Gasteiger partial charge >= 0.3 is 5.97 Å². The van der Waals surface area contributed by atoms with Crippen molar-refractivity contribution in [2.75, 3.05) is 5.32 Å². The van der Waals surface area contributed by atoms with Gasteiger partial charge in [-0.1, -0.05) is 6.07 Å². The number of hydrogen-bond acceptors (Lipinski definition) is 4. The average molecular weight is 258 g/mol. The SMILES string of the molecule is O=C(O)c1cncc(NC(=O)c2cccc(O)c2)c1. The van der Waals surface area contributed by atoms with Crippen LogP contribution in [-0.2, 0) is 0 Å². The molecule has 6 nitrogen and oxygen atoms in total. The number of carboxylic acid groups (broad SMARTS) is 1. The predicted octanol–water partition coefficient (Wildman–Crippen LogP) is 1.74. The molecule has 3 N–H and O–H groups in total. The highest BCUT2D eigenvalue weighted by molar-refractivity contribution is 6.04. The summed E-state index contributed by atoms with van der Waals surface area (Å²) < 4.78 is 0. The van der Waals surface area contributed by atoms with Gasteiger partial charge in [-0.3, -0.25) is 9.78 Å². The zero-order chi connectivity index (χ0) is 13.8. The lowest BCUT2D eigenvalue weighted by molar-refractivity contribution is 0.0696. The van der Waals surface area contributed by atoms with Gasteiger partial charge in [0.15, 0.2) is 0 Å². The van der Waals surface area contributed by atoms with Crippen molar-refractivity contribution < 1.29 is 19.8 Å². The van der Waals surface area contributed by atoms with Gasteiger partial charge in [-0.2, -0.15) is 0 Å². The topological polar surface area (TPSA) is 99.5 Å². The molecule has 96 valence electrons. The van der Waals surface area contributed by atoms with Gasteiger partial charge in [-0.25, -0.2) is 4.79 Å². The van der Waals surface area contributed by atoms with E-state index >= 15 is 0 Å². The molecular formula is C13H10N2O4. The molecule has 1 aromatic heterocycles. The molecule has 1 aromatic carbocycles. The fourth-order valence-electron chi connectivity index (χ4n) is 1.48. The number of pyridine rings is 1. The molecule has 1 amide bonds. The monoisotopic (exact) mass is 258 g/mol. The zero-order valence-corrected chi connectivity index (χ0v) is 9.70. The van der Waals surface area contributed by atoms with E-state index in [0.29, 0.717) is 0 Å². The highest BCUT2D eigenvalue weighted by Crippen LogP contribution is 2.14. The minimum absolute atomic E-state index is 0.0197. The van der Waals surface area contributed by atoms with Gasteiger partial charge in [0.25, 0.3) is 5.91 Å². The van der Waals surface area contributed by atoms with Crippen LogP contribution in [0.5, 0.6) is 5.75 Å². The van der Waals surface area contributed by atoms with Crippen molar-refractivity contribution in [3.05, 3.63) is 53.9 Å². The number of nitrogens with zero attached hydrogens (tertiary/aromatic N) is 1. The number of amides is 1. The maximum absolute atomic E-state index is 11.9. The predicted molar refractivity (Wildman–Crippen MR) is 67.3 cm³/mol. The summed E-state index contributed by atoms with van der Waals surface area (Å²) in [6.45, 7) is 0. The zero-order valence-electron chi connectivity index (χ0n) is 9.70. The Bertz CT molecular complexity index is 640. The third-order valence-electron chi connectivity index (χ3n) is 2.35. The number of hydrogen-bond donors (Lipinski definition) is 3. The smallest absolute Gasteiger partial charge is 0.337 e. The maximum atomic E-state index is 11.9. The first-order valence-electron chi connectivity index (χ1n) is 5.35. The molecular weight excluding hydrogens is 248 g/mol. The van der Waals surface area contributed by atoms with Crippen molar-refractivity contribution >= 4 is 17.6 Å². The van der Waals surface area contributed by atoms with Crippen LogP contribution in [0, 0.1) is 0 Å². The Morgan fingerprint density at radius 2 is 1.89 bits per heavy atom. The van der Waals surface area contributed by atoms with Gasteiger partial charge in [0, 0.05) is 11.8 Å². The first-order chi connectivity index (χ1) is 9.06. The number of benzene rings is 1. The Labute approximate surface area is 108 Å². The second-order valence-electron chi connectivity index (χ2n) is 3.77. The van der Waals surface area contributed by atoms with Crippen molar-refractivity contribution in [1.29, 1.82) is 0 Å². The van der Waals surface area contributed by atoms with Crippen LogP contribution in [0.25, 0.3) is 0 Å². The third kappa shape index (κ3) is 3.06. The number of aromatic carboxylic acids is 1. The molecule has 2 aromatic rings. The van der Waals surface area contributed by atoms with E-state index in [2.05, 4.69) is 10.3 Å². The van der Waals surface area contributed by atoms with E-state index in [-0.39, 0.29) is 22.6 Å². The molecule has 0 aliphatic rings. The minimum Gasteiger partial charge on any atom is -0.508 e. The summed E-state index contributed by atoms with van der Waals surface area (Å²) in [5.41, 5.74) is 0.516. The second-order valence-corrected chi connectivity index (χ2v) is 3.77. The van der Waals surface area contributed by atoms with Crippen molar-refractivity contribution in [2.24, 2.45) is 0 Å². The van der Waals surface area contributed by atoms with Gasteiger partial charge in [0.1, 0.15) is 5.75 Å². The van der Waals surface area contributed by atoms with Crippen molar-refractivity contribution in [2.45, 2.75) is 0 Å². The number of carbonyl (C=O) groups excluding carboxylic acids is 1. The summed E-state index contributed by atoms with van der Waals surface area (Å²) in [4.78, 5) is 26.3. The minimum atomic E-state index is -1.12. The van der Waals surface area contributed by atoms with Crippen LogP contribution in [0.2, 0.25) is 0 Å². The number of rotatable bonds is 3. The average Bonchev–Trinajstić information content (AvgIpc) is 2.39. The first kappa shape index (κ1) is 12.6. The number of carboxylic acids is 1. The van der Waals surface area contributed by atoms with Crippen LogP contribution in [0.15, 0.2) is 42.7 Å². The molecule has 0 aliphatic carbocycles. The van der Waals surface area contributed by atoms with Crippen LogP contribution < -0.4 is 5.32 Å². The van der Waals surface area contributed by atoms with Gasteiger partial charge in [0.2, 0.25) is 0 Å². The molecule has 1 heterocycles.